The first-order valence-corrected chi connectivity index (χ1v) is 5.43. The maximum atomic E-state index is 2.30. The van der Waals surface area contributed by atoms with Crippen molar-refractivity contribution in [2.75, 3.05) is 0 Å². The number of hydrogen-bond acceptors (Lipinski definition) is 0. The van der Waals surface area contributed by atoms with Crippen molar-refractivity contribution in [3.05, 3.63) is 41.1 Å². The highest BCUT2D eigenvalue weighted by Crippen LogP contribution is 2.10. The highest BCUT2D eigenvalue weighted by molar-refractivity contribution is 6.24. The smallest absolute Gasteiger partial charge is 0.0336 e. The van der Waals surface area contributed by atoms with E-state index in [9.17, 15) is 0 Å². The zero-order valence-electron chi connectivity index (χ0n) is 8.04. The molecule has 0 aliphatic carbocycles. The lowest BCUT2D eigenvalue weighted by molar-refractivity contribution is 0.818. The SMILES string of the molecule is CC(C)C([SiH3])=Cc1ccccc1. The second-order valence-electron chi connectivity index (χ2n) is 3.45. The molecule has 0 saturated carbocycles. The van der Waals surface area contributed by atoms with Gasteiger partial charge >= 0.3 is 0 Å². The molecule has 0 amide bonds. The van der Waals surface area contributed by atoms with Crippen molar-refractivity contribution in [1.29, 1.82) is 0 Å². The molecule has 0 unspecified atom stereocenters. The molecule has 0 radical (unpaired) electrons. The molecule has 1 rings (SSSR count). The van der Waals surface area contributed by atoms with Gasteiger partial charge in [0, 0.05) is 10.2 Å². The van der Waals surface area contributed by atoms with E-state index in [0.717, 1.165) is 0 Å². The third kappa shape index (κ3) is 2.66. The lowest BCUT2D eigenvalue weighted by atomic mass is 10.1. The molecule has 0 atom stereocenters. The van der Waals surface area contributed by atoms with Crippen molar-refractivity contribution in [3.63, 3.8) is 0 Å². The van der Waals surface area contributed by atoms with E-state index in [-0.39, 0.29) is 0 Å². The van der Waals surface area contributed by atoms with Crippen molar-refractivity contribution in [2.45, 2.75) is 13.8 Å². The topological polar surface area (TPSA) is 0 Å². The van der Waals surface area contributed by atoms with Gasteiger partial charge < -0.3 is 0 Å². The van der Waals surface area contributed by atoms with Crippen LogP contribution in [0.4, 0.5) is 0 Å². The average Bonchev–Trinajstić information content (AvgIpc) is 2.06. The van der Waals surface area contributed by atoms with Crippen LogP contribution >= 0.6 is 0 Å². The number of hydrogen-bond donors (Lipinski definition) is 0. The van der Waals surface area contributed by atoms with Crippen LogP contribution in [0.5, 0.6) is 0 Å². The van der Waals surface area contributed by atoms with E-state index in [2.05, 4.69) is 50.3 Å². The third-order valence-corrected chi connectivity index (χ3v) is 3.55. The van der Waals surface area contributed by atoms with Crippen LogP contribution < -0.4 is 0 Å². The molecule has 0 aliphatic heterocycles. The molecule has 0 N–H and O–H groups in total. The normalized spacial score (nSPS) is 12.4. The van der Waals surface area contributed by atoms with E-state index in [4.69, 9.17) is 0 Å². The summed E-state index contributed by atoms with van der Waals surface area (Å²) in [5, 5.41) is 1.57. The summed E-state index contributed by atoms with van der Waals surface area (Å²) in [6, 6.07) is 10.5. The standard InChI is InChI=1S/C11H16Si/c1-9(2)11(12)8-10-6-4-3-5-7-10/h3-9H,1-2,12H3. The van der Waals surface area contributed by atoms with Crippen LogP contribution in [-0.2, 0) is 0 Å². The molecule has 0 spiro atoms. The molecule has 1 aromatic rings. The number of allylic oxidation sites excluding steroid dienone is 1. The monoisotopic (exact) mass is 176 g/mol. The number of rotatable bonds is 2. The fourth-order valence-electron chi connectivity index (χ4n) is 0.979. The maximum Gasteiger partial charge on any atom is 0.0336 e. The Morgan fingerprint density at radius 3 is 2.33 bits per heavy atom. The molecule has 0 nitrogen and oxygen atoms in total. The Morgan fingerprint density at radius 1 is 1.25 bits per heavy atom. The first-order chi connectivity index (χ1) is 5.70. The molecular weight excluding hydrogens is 160 g/mol. The molecule has 0 heterocycles. The van der Waals surface area contributed by atoms with Gasteiger partial charge in [0.2, 0.25) is 0 Å². The van der Waals surface area contributed by atoms with Crippen LogP contribution in [0.1, 0.15) is 19.4 Å². The van der Waals surface area contributed by atoms with Gasteiger partial charge in [0.15, 0.2) is 0 Å². The fraction of sp³-hybridized carbons (Fsp3) is 0.273. The Labute approximate surface area is 77.7 Å². The van der Waals surface area contributed by atoms with Crippen LogP contribution in [0, 0.1) is 5.92 Å². The molecule has 1 heteroatoms. The van der Waals surface area contributed by atoms with Crippen molar-refractivity contribution in [1.82, 2.24) is 0 Å². The highest BCUT2D eigenvalue weighted by atomic mass is 28.1. The van der Waals surface area contributed by atoms with Gasteiger partial charge in [0.1, 0.15) is 0 Å². The molecule has 1 aromatic carbocycles. The van der Waals surface area contributed by atoms with Crippen LogP contribution in [0.2, 0.25) is 0 Å². The largest absolute Gasteiger partial charge is 0.0887 e. The molecular formula is C11H16Si. The minimum absolute atomic E-state index is 0.705. The molecule has 0 fully saturated rings. The second kappa shape index (κ2) is 4.26. The second-order valence-corrected chi connectivity index (χ2v) is 4.61. The summed E-state index contributed by atoms with van der Waals surface area (Å²) in [5.74, 6) is 0.705. The summed E-state index contributed by atoms with van der Waals surface area (Å²) >= 11 is 0. The van der Waals surface area contributed by atoms with E-state index in [0.29, 0.717) is 5.92 Å². The van der Waals surface area contributed by atoms with E-state index >= 15 is 0 Å². The molecule has 0 bridgehead atoms. The molecule has 64 valence electrons. The van der Waals surface area contributed by atoms with Gasteiger partial charge in [-0.2, -0.15) is 0 Å². The van der Waals surface area contributed by atoms with Crippen molar-refractivity contribution in [2.24, 2.45) is 5.92 Å². The summed E-state index contributed by atoms with van der Waals surface area (Å²) in [4.78, 5) is 0. The zero-order chi connectivity index (χ0) is 8.97. The lowest BCUT2D eigenvalue weighted by Gasteiger charge is -2.04. The third-order valence-electron chi connectivity index (χ3n) is 2.10. The number of benzene rings is 1. The first kappa shape index (κ1) is 9.27. The predicted molar refractivity (Wildman–Crippen MR) is 59.2 cm³/mol. The Bertz CT molecular complexity index is 260. The molecule has 0 aliphatic rings. The van der Waals surface area contributed by atoms with E-state index in [1.807, 2.05) is 0 Å². The minimum Gasteiger partial charge on any atom is -0.0887 e. The summed E-state index contributed by atoms with van der Waals surface area (Å²) < 4.78 is 0. The van der Waals surface area contributed by atoms with Crippen LogP contribution in [0.15, 0.2) is 35.5 Å². The van der Waals surface area contributed by atoms with Gasteiger partial charge in [-0.15, -0.1) is 0 Å². The maximum absolute atomic E-state index is 2.30. The molecule has 0 saturated heterocycles. The Balaban J connectivity index is 2.81. The van der Waals surface area contributed by atoms with E-state index in [1.54, 1.807) is 5.20 Å². The summed E-state index contributed by atoms with van der Waals surface area (Å²) in [5.41, 5.74) is 1.33. The van der Waals surface area contributed by atoms with Gasteiger partial charge in [-0.25, -0.2) is 0 Å². The minimum atomic E-state index is 0.705. The first-order valence-electron chi connectivity index (χ1n) is 4.43. The van der Waals surface area contributed by atoms with Gasteiger partial charge in [0.25, 0.3) is 0 Å². The fourth-order valence-corrected chi connectivity index (χ4v) is 1.31. The van der Waals surface area contributed by atoms with Gasteiger partial charge in [-0.1, -0.05) is 55.5 Å². The van der Waals surface area contributed by atoms with E-state index < -0.39 is 0 Å². The average molecular weight is 176 g/mol. The Hall–Kier alpha value is -0.823. The van der Waals surface area contributed by atoms with Crippen molar-refractivity contribution >= 4 is 16.3 Å². The summed E-state index contributed by atoms with van der Waals surface area (Å²) in [6.45, 7) is 4.50. The quantitative estimate of drug-likeness (QED) is 0.605. The summed E-state index contributed by atoms with van der Waals surface area (Å²) in [6.07, 6.45) is 2.30. The van der Waals surface area contributed by atoms with Crippen molar-refractivity contribution in [3.8, 4) is 0 Å². The highest BCUT2D eigenvalue weighted by Gasteiger charge is 1.94. The van der Waals surface area contributed by atoms with Crippen LogP contribution in [0.3, 0.4) is 0 Å². The van der Waals surface area contributed by atoms with Gasteiger partial charge in [-0.3, -0.25) is 0 Å². The van der Waals surface area contributed by atoms with Gasteiger partial charge in [-0.05, 0) is 11.5 Å². The van der Waals surface area contributed by atoms with Crippen LogP contribution in [-0.4, -0.2) is 10.2 Å². The van der Waals surface area contributed by atoms with Gasteiger partial charge in [0.05, 0.1) is 0 Å². The zero-order valence-corrected chi connectivity index (χ0v) is 10.0. The Kier molecular flexibility index (Phi) is 3.29. The summed E-state index contributed by atoms with van der Waals surface area (Å²) in [7, 11) is 1.17. The van der Waals surface area contributed by atoms with Crippen LogP contribution in [0.25, 0.3) is 6.08 Å². The lowest BCUT2D eigenvalue weighted by Crippen LogP contribution is -1.92. The predicted octanol–water partition coefficient (Wildman–Crippen LogP) is 2.05. The van der Waals surface area contributed by atoms with E-state index in [1.165, 1.54) is 15.8 Å². The van der Waals surface area contributed by atoms with Crippen molar-refractivity contribution < 1.29 is 0 Å². The molecule has 12 heavy (non-hydrogen) atoms. The Morgan fingerprint density at radius 2 is 1.83 bits per heavy atom. The molecule has 0 aromatic heterocycles.